The number of amides is 1. The Morgan fingerprint density at radius 3 is 2.64 bits per heavy atom. The van der Waals surface area contributed by atoms with Gasteiger partial charge in [0.1, 0.15) is 17.3 Å². The van der Waals surface area contributed by atoms with Gasteiger partial charge in [-0.1, -0.05) is 36.4 Å². The maximum absolute atomic E-state index is 13.1. The number of aromatic nitrogens is 4. The van der Waals surface area contributed by atoms with E-state index in [0.717, 1.165) is 60.9 Å². The van der Waals surface area contributed by atoms with Crippen molar-refractivity contribution in [3.63, 3.8) is 0 Å². The van der Waals surface area contributed by atoms with E-state index in [4.69, 9.17) is 10.8 Å². The highest BCUT2D eigenvalue weighted by Crippen LogP contribution is 2.35. The van der Waals surface area contributed by atoms with Crippen molar-refractivity contribution in [2.45, 2.75) is 57.2 Å². The third-order valence-corrected chi connectivity index (χ3v) is 8.17. The number of aliphatic hydroxyl groups excluding tert-OH is 1. The Morgan fingerprint density at radius 1 is 1.11 bits per heavy atom. The lowest BCUT2D eigenvalue weighted by Crippen LogP contribution is -2.57. The lowest BCUT2D eigenvalue weighted by atomic mass is 10.0. The molecule has 3 atom stereocenters. The summed E-state index contributed by atoms with van der Waals surface area (Å²) < 4.78 is 41.2. The van der Waals surface area contributed by atoms with Gasteiger partial charge in [-0.25, -0.2) is 9.97 Å². The van der Waals surface area contributed by atoms with Crippen molar-refractivity contribution in [3.05, 3.63) is 71.6 Å². The summed E-state index contributed by atoms with van der Waals surface area (Å²) in [5, 5.41) is 22.1. The van der Waals surface area contributed by atoms with Crippen LogP contribution in [-0.4, -0.2) is 60.8 Å². The van der Waals surface area contributed by atoms with Gasteiger partial charge in [0.2, 0.25) is 5.91 Å². The molecule has 0 radical (unpaired) electrons. The number of rotatable bonds is 4. The Hall–Kier alpha value is -4.49. The van der Waals surface area contributed by atoms with Gasteiger partial charge in [-0.2, -0.15) is 18.3 Å². The average Bonchev–Trinajstić information content (AvgIpc) is 3.36. The highest BCUT2D eigenvalue weighted by Gasteiger charge is 2.34. The molecular formula is C31H33F3N8O2. The summed E-state index contributed by atoms with van der Waals surface area (Å²) in [4.78, 5) is 23.4. The van der Waals surface area contributed by atoms with Crippen LogP contribution in [0.4, 0.5) is 24.8 Å². The maximum atomic E-state index is 13.1. The van der Waals surface area contributed by atoms with Gasteiger partial charge in [-0.05, 0) is 38.3 Å². The van der Waals surface area contributed by atoms with E-state index in [1.165, 1.54) is 0 Å². The number of nitrogens with one attached hydrogen (secondary N) is 2. The number of carbonyl (C=O) groups is 1. The quantitative estimate of drug-likeness (QED) is 0.248. The maximum Gasteiger partial charge on any atom is 0.416 e. The first-order valence-corrected chi connectivity index (χ1v) is 14.5. The van der Waals surface area contributed by atoms with E-state index in [-0.39, 0.29) is 23.8 Å². The van der Waals surface area contributed by atoms with Gasteiger partial charge in [0.15, 0.2) is 6.23 Å². The zero-order chi connectivity index (χ0) is 31.0. The first-order chi connectivity index (χ1) is 21.1. The number of anilines is 2. The predicted octanol–water partition coefficient (Wildman–Crippen LogP) is 4.58. The molecule has 0 saturated carbocycles. The predicted molar refractivity (Wildman–Crippen MR) is 161 cm³/mol. The molecule has 2 aliphatic heterocycles. The molecule has 0 bridgehead atoms. The molecule has 1 amide bonds. The molecule has 0 aliphatic carbocycles. The molecule has 5 N–H and O–H groups in total. The van der Waals surface area contributed by atoms with E-state index in [1.807, 2.05) is 17.7 Å². The molecule has 0 spiro atoms. The van der Waals surface area contributed by atoms with Gasteiger partial charge in [0.05, 0.1) is 22.5 Å². The molecule has 1 aromatic carbocycles. The summed E-state index contributed by atoms with van der Waals surface area (Å²) in [5.74, 6) is 0.280. The van der Waals surface area contributed by atoms with Crippen LogP contribution in [-0.2, 0) is 17.5 Å². The number of nitrogens with zero attached hydrogens (tertiary/aromatic N) is 5. The highest BCUT2D eigenvalue weighted by molar-refractivity contribution is 6.03. The molecule has 1 unspecified atom stereocenters. The van der Waals surface area contributed by atoms with Gasteiger partial charge in [-0.15, -0.1) is 0 Å². The molecule has 230 valence electrons. The van der Waals surface area contributed by atoms with E-state index in [0.29, 0.717) is 35.4 Å². The van der Waals surface area contributed by atoms with Gasteiger partial charge in [0, 0.05) is 54.8 Å². The molecule has 3 aromatic heterocycles. The summed E-state index contributed by atoms with van der Waals surface area (Å²) in [6, 6.07) is 8.43. The monoisotopic (exact) mass is 606 g/mol. The van der Waals surface area contributed by atoms with Crippen LogP contribution >= 0.6 is 0 Å². The number of benzene rings is 1. The summed E-state index contributed by atoms with van der Waals surface area (Å²) in [7, 11) is 0. The number of aliphatic hydroxyl groups is 1. The molecule has 44 heavy (non-hydrogen) atoms. The molecule has 6 rings (SSSR count). The largest absolute Gasteiger partial charge is 0.416 e. The third kappa shape index (κ3) is 5.97. The number of hydrogen-bond donors (Lipinski definition) is 4. The van der Waals surface area contributed by atoms with E-state index in [9.17, 15) is 23.1 Å². The summed E-state index contributed by atoms with van der Waals surface area (Å²) in [6.07, 6.45) is 3.35. The second-order valence-electron chi connectivity index (χ2n) is 11.2. The van der Waals surface area contributed by atoms with Crippen LogP contribution in [0.5, 0.6) is 0 Å². The number of carbonyl (C=O) groups excluding carboxylic acids is 1. The highest BCUT2D eigenvalue weighted by atomic mass is 19.4. The van der Waals surface area contributed by atoms with E-state index in [2.05, 4.69) is 31.6 Å². The number of nitrogen functional groups attached to an aromatic ring is 1. The fourth-order valence-electron chi connectivity index (χ4n) is 5.66. The Balaban J connectivity index is 1.30. The van der Waals surface area contributed by atoms with Crippen LogP contribution < -0.4 is 16.4 Å². The first-order valence-electron chi connectivity index (χ1n) is 14.5. The smallest absolute Gasteiger partial charge is 0.383 e. The van der Waals surface area contributed by atoms with Gasteiger partial charge in [-0.3, -0.25) is 14.4 Å². The van der Waals surface area contributed by atoms with Crippen molar-refractivity contribution < 1.29 is 23.1 Å². The number of nitrogens with two attached hydrogens (primary N) is 1. The lowest BCUT2D eigenvalue weighted by molar-refractivity contribution is -0.137. The van der Waals surface area contributed by atoms with Crippen molar-refractivity contribution in [2.75, 3.05) is 24.1 Å². The zero-order valence-corrected chi connectivity index (χ0v) is 24.1. The molecular weight excluding hydrogens is 573 g/mol. The second-order valence-corrected chi connectivity index (χ2v) is 11.2. The Morgan fingerprint density at radius 2 is 1.91 bits per heavy atom. The summed E-state index contributed by atoms with van der Waals surface area (Å²) >= 11 is 0. The van der Waals surface area contributed by atoms with Crippen molar-refractivity contribution >= 4 is 34.5 Å². The Kier molecular flexibility index (Phi) is 7.99. The first kappa shape index (κ1) is 29.6. The van der Waals surface area contributed by atoms with Crippen molar-refractivity contribution in [2.24, 2.45) is 0 Å². The topological polar surface area (TPSA) is 134 Å². The number of hydrogen-bond acceptors (Lipinski definition) is 8. The van der Waals surface area contributed by atoms with Gasteiger partial charge < -0.3 is 21.5 Å². The van der Waals surface area contributed by atoms with Crippen molar-refractivity contribution in [1.82, 2.24) is 30.0 Å². The second kappa shape index (κ2) is 11.9. The number of halogens is 3. The van der Waals surface area contributed by atoms with Gasteiger partial charge in [0.25, 0.3) is 0 Å². The molecule has 10 nitrogen and oxygen atoms in total. The van der Waals surface area contributed by atoms with Crippen LogP contribution in [0, 0.1) is 0 Å². The standard InChI is InChI=1S/C31H33F3N8O2/c1-18-10-15-42-27-21(4-2-3-13-41-14-11-23(41)30(44)38-18)17-37-28(35)25(27)26(40-42)19-5-7-20(8-6-19)29(43)39-24-16-22(9-12-36-24)31(32,33)34/h2,4-9,12,16-18,23,29,43H,3,10-11,13-15H2,1H3,(H2,35,37)(H,36,39)(H,38,44)/b4-2+/t18-,23+,29?/m1/s1. The molecule has 4 aromatic rings. The van der Waals surface area contributed by atoms with Gasteiger partial charge >= 0.3 is 6.18 Å². The minimum atomic E-state index is -4.52. The normalized spacial score (nSPS) is 21.1. The molecule has 5 heterocycles. The van der Waals surface area contributed by atoms with Crippen LogP contribution in [0.15, 0.2) is 54.9 Å². The van der Waals surface area contributed by atoms with Crippen molar-refractivity contribution in [3.8, 4) is 11.3 Å². The Bertz CT molecular complexity index is 1700. The van der Waals surface area contributed by atoms with Crippen LogP contribution in [0.2, 0.25) is 0 Å². The molecule has 13 heteroatoms. The number of pyridine rings is 2. The molecule has 2 aliphatic rings. The lowest BCUT2D eigenvalue weighted by Gasteiger charge is -2.40. The van der Waals surface area contributed by atoms with E-state index >= 15 is 0 Å². The average molecular weight is 607 g/mol. The number of aryl methyl sites for hydroxylation is 1. The van der Waals surface area contributed by atoms with Crippen LogP contribution in [0.1, 0.15) is 49.1 Å². The third-order valence-electron chi connectivity index (χ3n) is 8.17. The SMILES string of the molecule is C[C@@H]1CCn2nc(-c3ccc(C(O)Nc4cc(C(F)(F)F)ccn4)cc3)c3c(N)ncc(c32)/C=C/CCN2CC[C@H]2C(=O)N1. The fourth-order valence-corrected chi connectivity index (χ4v) is 5.66. The molecule has 1 fully saturated rings. The minimum absolute atomic E-state index is 0.0607. The van der Waals surface area contributed by atoms with E-state index < -0.39 is 18.0 Å². The minimum Gasteiger partial charge on any atom is -0.383 e. The Labute approximate surface area is 251 Å². The summed E-state index contributed by atoms with van der Waals surface area (Å²) in [6.45, 7) is 4.22. The fraction of sp³-hybridized carbons (Fsp3) is 0.355. The van der Waals surface area contributed by atoms with Crippen molar-refractivity contribution in [1.29, 1.82) is 0 Å². The molecule has 1 saturated heterocycles. The van der Waals surface area contributed by atoms with E-state index in [1.54, 1.807) is 30.5 Å². The number of fused-ring (bicyclic) bond motifs is 1. The van der Waals surface area contributed by atoms with Crippen LogP contribution in [0.25, 0.3) is 28.2 Å². The zero-order valence-electron chi connectivity index (χ0n) is 24.1. The van der Waals surface area contributed by atoms with Crippen LogP contribution in [0.3, 0.4) is 0 Å². The number of alkyl halides is 3. The summed E-state index contributed by atoms with van der Waals surface area (Å²) in [5.41, 5.74) is 9.03.